The highest BCUT2D eigenvalue weighted by Crippen LogP contribution is 2.44. The summed E-state index contributed by atoms with van der Waals surface area (Å²) in [5.41, 5.74) is -2.02. The van der Waals surface area contributed by atoms with Crippen LogP contribution in [0.2, 0.25) is 0 Å². The molecule has 2 amide bonds. The van der Waals surface area contributed by atoms with Crippen molar-refractivity contribution in [3.8, 4) is 5.75 Å². The van der Waals surface area contributed by atoms with Gasteiger partial charge in [-0.15, -0.1) is 0 Å². The summed E-state index contributed by atoms with van der Waals surface area (Å²) in [5.74, 6) is -4.19. The summed E-state index contributed by atoms with van der Waals surface area (Å²) in [7, 11) is 0. The molecule has 240 valence electrons. The van der Waals surface area contributed by atoms with Crippen LogP contribution in [-0.2, 0) is 11.6 Å². The normalized spacial score (nSPS) is 27.5. The molecule has 4 heterocycles. The number of carbonyl (C=O) groups is 2. The van der Waals surface area contributed by atoms with Crippen molar-refractivity contribution in [3.63, 3.8) is 0 Å². The van der Waals surface area contributed by atoms with Gasteiger partial charge in [-0.3, -0.25) is 20.4 Å². The number of benzene rings is 2. The average molecular weight is 631 g/mol. The number of hydrogen-bond acceptors (Lipinski definition) is 7. The Morgan fingerprint density at radius 2 is 1.80 bits per heavy atom. The molecule has 0 unspecified atom stereocenters. The molecule has 13 nitrogen and oxygen atoms in total. The SMILES string of the molecule is CC1(C)CCOc2c(C(=O)N[C@H]3CN4C(=N)N[C@@H](CNC(=O)c5ccc(C(F)(F)F)cc5)[C@@H]5NC(=N)N[C@@]54C3(O)O)cccc21. The van der Waals surface area contributed by atoms with E-state index in [1.165, 1.54) is 4.90 Å². The number of para-hydroxylation sites is 1. The van der Waals surface area contributed by atoms with E-state index in [9.17, 15) is 33.0 Å². The molecule has 0 bridgehead atoms. The second kappa shape index (κ2) is 10.2. The third-order valence-corrected chi connectivity index (χ3v) is 9.12. The molecule has 3 saturated heterocycles. The Morgan fingerprint density at radius 3 is 2.49 bits per heavy atom. The van der Waals surface area contributed by atoms with E-state index in [0.717, 1.165) is 36.2 Å². The highest BCUT2D eigenvalue weighted by molar-refractivity contribution is 5.98. The number of ether oxygens (including phenoxy) is 1. The molecule has 45 heavy (non-hydrogen) atoms. The Bertz CT molecular complexity index is 1580. The zero-order valence-electron chi connectivity index (χ0n) is 24.3. The molecular weight excluding hydrogens is 597 g/mol. The zero-order valence-corrected chi connectivity index (χ0v) is 24.3. The van der Waals surface area contributed by atoms with Gasteiger partial charge >= 0.3 is 6.18 Å². The molecule has 0 saturated carbocycles. The van der Waals surface area contributed by atoms with Crippen LogP contribution >= 0.6 is 0 Å². The summed E-state index contributed by atoms with van der Waals surface area (Å²) in [6, 6.07) is 5.58. The molecule has 0 aliphatic carbocycles. The van der Waals surface area contributed by atoms with Crippen LogP contribution in [0.5, 0.6) is 5.75 Å². The average Bonchev–Trinajstić information content (AvgIpc) is 3.44. The molecular formula is C29H33F3N8O5. The summed E-state index contributed by atoms with van der Waals surface area (Å²) in [6.45, 7) is 4.07. The van der Waals surface area contributed by atoms with E-state index >= 15 is 0 Å². The molecule has 9 N–H and O–H groups in total. The van der Waals surface area contributed by atoms with Gasteiger partial charge < -0.3 is 46.4 Å². The molecule has 16 heteroatoms. The number of guanidine groups is 2. The Labute approximate surface area is 255 Å². The van der Waals surface area contributed by atoms with Crippen LogP contribution in [0.1, 0.15) is 52.1 Å². The number of nitrogens with zero attached hydrogens (tertiary/aromatic N) is 1. The lowest BCUT2D eigenvalue weighted by Crippen LogP contribution is -2.81. The number of fused-ring (bicyclic) bond motifs is 1. The number of carbonyl (C=O) groups excluding carboxylic acids is 2. The van der Waals surface area contributed by atoms with Crippen LogP contribution in [0.4, 0.5) is 13.2 Å². The zero-order chi connectivity index (χ0) is 32.5. The topological polar surface area (TPSA) is 195 Å². The van der Waals surface area contributed by atoms with Crippen molar-refractivity contribution < 1.29 is 37.7 Å². The fourth-order valence-electron chi connectivity index (χ4n) is 6.65. The van der Waals surface area contributed by atoms with Gasteiger partial charge in [-0.25, -0.2) is 0 Å². The van der Waals surface area contributed by atoms with Crippen molar-refractivity contribution in [2.45, 2.75) is 61.4 Å². The number of nitrogens with one attached hydrogen (secondary N) is 7. The van der Waals surface area contributed by atoms with Crippen molar-refractivity contribution in [1.82, 2.24) is 31.5 Å². The smallest absolute Gasteiger partial charge is 0.416 e. The van der Waals surface area contributed by atoms with Crippen LogP contribution in [0, 0.1) is 10.8 Å². The van der Waals surface area contributed by atoms with Gasteiger partial charge in [0.05, 0.1) is 29.8 Å². The summed E-state index contributed by atoms with van der Waals surface area (Å²) < 4.78 is 44.6. The maximum atomic E-state index is 13.6. The van der Waals surface area contributed by atoms with Gasteiger partial charge in [0, 0.05) is 24.2 Å². The lowest BCUT2D eigenvalue weighted by Gasteiger charge is -2.51. The van der Waals surface area contributed by atoms with Crippen LogP contribution in [0.3, 0.4) is 0 Å². The quantitative estimate of drug-likeness (QED) is 0.210. The molecule has 4 aliphatic rings. The predicted molar refractivity (Wildman–Crippen MR) is 154 cm³/mol. The van der Waals surface area contributed by atoms with Crippen molar-refractivity contribution >= 4 is 23.7 Å². The van der Waals surface area contributed by atoms with E-state index in [4.69, 9.17) is 15.6 Å². The van der Waals surface area contributed by atoms with Crippen molar-refractivity contribution in [1.29, 1.82) is 10.8 Å². The summed E-state index contributed by atoms with van der Waals surface area (Å²) >= 11 is 0. The molecule has 1 spiro atoms. The molecule has 2 aromatic rings. The van der Waals surface area contributed by atoms with Crippen LogP contribution < -0.4 is 31.3 Å². The minimum absolute atomic E-state index is 0.0340. The number of rotatable bonds is 5. The summed E-state index contributed by atoms with van der Waals surface area (Å²) in [6.07, 6.45) is -3.80. The fraction of sp³-hybridized carbons (Fsp3) is 0.448. The number of amides is 2. The Kier molecular flexibility index (Phi) is 6.93. The molecule has 2 aromatic carbocycles. The number of halogens is 3. The van der Waals surface area contributed by atoms with Crippen molar-refractivity contribution in [2.75, 3.05) is 19.7 Å². The van der Waals surface area contributed by atoms with E-state index < -0.39 is 53.1 Å². The first-order valence-electron chi connectivity index (χ1n) is 14.3. The van der Waals surface area contributed by atoms with Gasteiger partial charge in [-0.1, -0.05) is 26.0 Å². The van der Waals surface area contributed by atoms with Crippen molar-refractivity contribution in [2.24, 2.45) is 0 Å². The largest absolute Gasteiger partial charge is 0.492 e. The second-order valence-corrected chi connectivity index (χ2v) is 12.3. The molecule has 4 atom stereocenters. The van der Waals surface area contributed by atoms with Crippen LogP contribution in [-0.4, -0.2) is 88.1 Å². The Morgan fingerprint density at radius 1 is 1.09 bits per heavy atom. The molecule has 6 rings (SSSR count). The molecule has 4 aliphatic heterocycles. The van der Waals surface area contributed by atoms with Gasteiger partial charge in [0.2, 0.25) is 5.79 Å². The van der Waals surface area contributed by atoms with Gasteiger partial charge in [-0.05, 0) is 42.2 Å². The maximum Gasteiger partial charge on any atom is 0.416 e. The van der Waals surface area contributed by atoms with Crippen molar-refractivity contribution in [3.05, 3.63) is 64.7 Å². The fourth-order valence-corrected chi connectivity index (χ4v) is 6.65. The molecule has 0 aromatic heterocycles. The van der Waals surface area contributed by atoms with Crippen LogP contribution in [0.15, 0.2) is 42.5 Å². The Balaban J connectivity index is 1.22. The third kappa shape index (κ3) is 4.79. The first kappa shape index (κ1) is 30.5. The van der Waals surface area contributed by atoms with Gasteiger partial charge in [0.1, 0.15) is 11.8 Å². The van der Waals surface area contributed by atoms with Gasteiger partial charge in [0.15, 0.2) is 17.6 Å². The molecule has 3 fully saturated rings. The van der Waals surface area contributed by atoms with E-state index in [-0.39, 0.29) is 41.6 Å². The first-order valence-corrected chi connectivity index (χ1v) is 14.3. The van der Waals surface area contributed by atoms with E-state index in [2.05, 4.69) is 26.6 Å². The number of alkyl halides is 3. The molecule has 0 radical (unpaired) electrons. The van der Waals surface area contributed by atoms with Gasteiger partial charge in [-0.2, -0.15) is 13.2 Å². The minimum atomic E-state index is -4.56. The number of aliphatic hydroxyl groups is 2. The second-order valence-electron chi connectivity index (χ2n) is 12.3. The van der Waals surface area contributed by atoms with Crippen LogP contribution in [0.25, 0.3) is 0 Å². The monoisotopic (exact) mass is 630 g/mol. The maximum absolute atomic E-state index is 13.6. The number of hydrogen-bond donors (Lipinski definition) is 9. The third-order valence-electron chi connectivity index (χ3n) is 9.12. The lowest BCUT2D eigenvalue weighted by atomic mass is 9.79. The summed E-state index contributed by atoms with van der Waals surface area (Å²) in [4.78, 5) is 27.6. The highest BCUT2D eigenvalue weighted by Gasteiger charge is 2.74. The predicted octanol–water partition coefficient (Wildman–Crippen LogP) is 0.389. The Hall–Kier alpha value is -4.57. The van der Waals surface area contributed by atoms with Gasteiger partial charge in [0.25, 0.3) is 11.8 Å². The van der Waals surface area contributed by atoms with E-state index in [0.29, 0.717) is 12.4 Å². The lowest BCUT2D eigenvalue weighted by molar-refractivity contribution is -0.232. The highest BCUT2D eigenvalue weighted by atomic mass is 19.4. The van der Waals surface area contributed by atoms with E-state index in [1.807, 2.05) is 19.9 Å². The van der Waals surface area contributed by atoms with E-state index in [1.54, 1.807) is 12.1 Å². The summed E-state index contributed by atoms with van der Waals surface area (Å²) in [5, 5.41) is 54.1. The standard InChI is InChI=1S/C29H33F3N8O5/c1-26(2)10-11-45-20-16(4-3-5-17(20)26)23(42)37-19-13-40-25(34)36-18(21-27(40,28(19,43)44)39-24(33)38-21)12-35-22(41)14-6-8-15(9-7-14)29(30,31)32/h3-9,18-19,21,43-44H,10-13H2,1-2H3,(H2,34,36)(H,35,41)(H,37,42)(H3,33,38,39)/t18-,19-,21-,27-/m0/s1. The minimum Gasteiger partial charge on any atom is -0.492 e. The first-order chi connectivity index (χ1) is 21.1.